The summed E-state index contributed by atoms with van der Waals surface area (Å²) in [5.74, 6) is -0.0577. The molecule has 2 aromatic carbocycles. The quantitative estimate of drug-likeness (QED) is 0.262. The van der Waals surface area contributed by atoms with E-state index in [2.05, 4.69) is 0 Å². The predicted molar refractivity (Wildman–Crippen MR) is 128 cm³/mol. The number of methoxy groups -OCH3 is 3. The van der Waals surface area contributed by atoms with Crippen molar-refractivity contribution in [3.63, 3.8) is 0 Å². The maximum absolute atomic E-state index is 12.1. The number of hydrogen-bond acceptors (Lipinski definition) is 9. The third-order valence-electron chi connectivity index (χ3n) is 5.07. The van der Waals surface area contributed by atoms with Crippen molar-refractivity contribution in [2.24, 2.45) is 0 Å². The summed E-state index contributed by atoms with van der Waals surface area (Å²) in [5.41, 5.74) is 1.71. The highest BCUT2D eigenvalue weighted by Gasteiger charge is 2.18. The average Bonchev–Trinajstić information content (AvgIpc) is 2.85. The first-order valence-corrected chi connectivity index (χ1v) is 11.1. The molecule has 0 amide bonds. The molecule has 0 heterocycles. The van der Waals surface area contributed by atoms with Crippen LogP contribution in [0.3, 0.4) is 0 Å². The van der Waals surface area contributed by atoms with E-state index in [9.17, 15) is 14.7 Å². The van der Waals surface area contributed by atoms with E-state index in [0.717, 1.165) is 11.1 Å². The molecule has 0 aliphatic rings. The summed E-state index contributed by atoms with van der Waals surface area (Å²) in [6.45, 7) is 1.64. The van der Waals surface area contributed by atoms with Gasteiger partial charge in [0.1, 0.15) is 11.5 Å². The molecule has 0 saturated carbocycles. The Balaban J connectivity index is 2.15. The van der Waals surface area contributed by atoms with E-state index in [-0.39, 0.29) is 32.6 Å². The zero-order valence-electron chi connectivity index (χ0n) is 20.5. The lowest BCUT2D eigenvalue weighted by Crippen LogP contribution is -2.39. The average molecular weight is 491 g/mol. The fourth-order valence-corrected chi connectivity index (χ4v) is 3.43. The summed E-state index contributed by atoms with van der Waals surface area (Å²) in [4.78, 5) is 27.3. The zero-order valence-corrected chi connectivity index (χ0v) is 20.5. The van der Waals surface area contributed by atoms with Crippen LogP contribution in [0, 0.1) is 0 Å². The van der Waals surface area contributed by atoms with Crippen LogP contribution >= 0.6 is 0 Å². The molecule has 10 nitrogen and oxygen atoms in total. The normalized spacial score (nSPS) is 11.0. The maximum atomic E-state index is 12.1. The highest BCUT2D eigenvalue weighted by atomic mass is 16.7. The first kappa shape index (κ1) is 28.1. The number of esters is 1. The van der Waals surface area contributed by atoms with Gasteiger partial charge >= 0.3 is 11.9 Å². The maximum Gasteiger partial charge on any atom is 0.319 e. The molecule has 1 N–H and O–H groups in total. The van der Waals surface area contributed by atoms with Crippen molar-refractivity contribution in [1.82, 2.24) is 9.80 Å². The van der Waals surface area contributed by atoms with Gasteiger partial charge in [-0.05, 0) is 12.1 Å². The minimum atomic E-state index is -0.946. The van der Waals surface area contributed by atoms with Gasteiger partial charge < -0.3 is 28.8 Å². The highest BCUT2D eigenvalue weighted by molar-refractivity contribution is 5.71. The molecule has 0 unspecified atom stereocenters. The molecule has 2 rings (SSSR count). The van der Waals surface area contributed by atoms with Crippen molar-refractivity contribution in [2.45, 2.75) is 13.1 Å². The Morgan fingerprint density at radius 3 is 1.63 bits per heavy atom. The number of carboxylic acid groups (broad SMARTS) is 1. The van der Waals surface area contributed by atoms with Gasteiger partial charge in [-0.25, -0.2) is 0 Å². The summed E-state index contributed by atoms with van der Waals surface area (Å²) >= 11 is 0. The van der Waals surface area contributed by atoms with Crippen LogP contribution < -0.4 is 9.47 Å². The molecular formula is C25H34N2O8. The van der Waals surface area contributed by atoms with Crippen LogP contribution in [0.25, 0.3) is 0 Å². The minimum absolute atomic E-state index is 0.0452. The fourth-order valence-electron chi connectivity index (χ4n) is 3.43. The van der Waals surface area contributed by atoms with Crippen LogP contribution in [0.1, 0.15) is 11.1 Å². The Labute approximate surface area is 205 Å². The number of benzene rings is 2. The lowest BCUT2D eigenvalue weighted by atomic mass is 10.1. The summed E-state index contributed by atoms with van der Waals surface area (Å²) < 4.78 is 26.1. The van der Waals surface area contributed by atoms with Gasteiger partial charge in [0.25, 0.3) is 0 Å². The first-order valence-electron chi connectivity index (χ1n) is 11.1. The van der Waals surface area contributed by atoms with Crippen molar-refractivity contribution >= 4 is 11.9 Å². The highest BCUT2D eigenvalue weighted by Crippen LogP contribution is 2.22. The van der Waals surface area contributed by atoms with Gasteiger partial charge in [-0.3, -0.25) is 19.4 Å². The number of para-hydroxylation sites is 2. The van der Waals surface area contributed by atoms with E-state index in [1.807, 2.05) is 53.4 Å². The van der Waals surface area contributed by atoms with Crippen LogP contribution in [0.2, 0.25) is 0 Å². The molecule has 0 aliphatic carbocycles. The molecule has 0 aliphatic heterocycles. The van der Waals surface area contributed by atoms with E-state index in [1.54, 1.807) is 12.0 Å². The summed E-state index contributed by atoms with van der Waals surface area (Å²) in [6.07, 6.45) is 0. The molecule has 192 valence electrons. The van der Waals surface area contributed by atoms with Crippen molar-refractivity contribution in [3.8, 4) is 11.5 Å². The second-order valence-electron chi connectivity index (χ2n) is 7.71. The minimum Gasteiger partial charge on any atom is -0.480 e. The number of rotatable bonds is 17. The van der Waals surface area contributed by atoms with Gasteiger partial charge in [-0.15, -0.1) is 0 Å². The van der Waals surface area contributed by atoms with Crippen LogP contribution in [-0.4, -0.2) is 87.9 Å². The van der Waals surface area contributed by atoms with Gasteiger partial charge in [-0.2, -0.15) is 0 Å². The second kappa shape index (κ2) is 15.7. The van der Waals surface area contributed by atoms with E-state index in [4.69, 9.17) is 23.7 Å². The fraction of sp³-hybridized carbons (Fsp3) is 0.440. The predicted octanol–water partition coefficient (Wildman–Crippen LogP) is 2.21. The standard InChI is InChI=1S/C25H34N2O8/c1-31-18-34-22-10-6-4-8-20(22)14-26(16-24(28)29)12-13-27(17-25(30)33-3)15-21-9-5-7-11-23(21)35-19-32-2/h4-11H,12-19H2,1-3H3,(H,28,29). The Hall–Kier alpha value is -3.18. The Morgan fingerprint density at radius 1 is 0.743 bits per heavy atom. The molecule has 0 spiro atoms. The topological polar surface area (TPSA) is 107 Å². The van der Waals surface area contributed by atoms with E-state index >= 15 is 0 Å². The van der Waals surface area contributed by atoms with E-state index in [0.29, 0.717) is 37.7 Å². The number of nitrogens with zero attached hydrogens (tertiary/aromatic N) is 2. The third kappa shape index (κ3) is 10.3. The molecule has 2 aromatic rings. The van der Waals surface area contributed by atoms with E-state index in [1.165, 1.54) is 14.2 Å². The van der Waals surface area contributed by atoms with Crippen molar-refractivity contribution in [3.05, 3.63) is 59.7 Å². The van der Waals surface area contributed by atoms with Crippen molar-refractivity contribution in [1.29, 1.82) is 0 Å². The first-order chi connectivity index (χ1) is 17.0. The molecule has 0 saturated heterocycles. The number of aliphatic carboxylic acids is 1. The Morgan fingerprint density at radius 2 is 1.20 bits per heavy atom. The smallest absolute Gasteiger partial charge is 0.319 e. The molecule has 0 fully saturated rings. The number of carbonyl (C=O) groups is 2. The summed E-state index contributed by atoms with van der Waals surface area (Å²) in [5, 5.41) is 9.47. The van der Waals surface area contributed by atoms with Crippen molar-refractivity contribution in [2.75, 3.05) is 61.1 Å². The SMILES string of the molecule is COCOc1ccccc1CN(CCN(CC(=O)OC)Cc1ccccc1OCOC)CC(=O)O. The summed E-state index contributed by atoms with van der Waals surface area (Å²) in [7, 11) is 4.42. The van der Waals surface area contributed by atoms with Gasteiger partial charge in [-0.1, -0.05) is 36.4 Å². The third-order valence-corrected chi connectivity index (χ3v) is 5.07. The number of carbonyl (C=O) groups excluding carboxylic acids is 1. The van der Waals surface area contributed by atoms with Crippen LogP contribution in [-0.2, 0) is 36.9 Å². The van der Waals surface area contributed by atoms with Gasteiger partial charge in [0, 0.05) is 51.5 Å². The van der Waals surface area contributed by atoms with Crippen molar-refractivity contribution < 1.29 is 38.4 Å². The molecule has 0 aromatic heterocycles. The van der Waals surface area contributed by atoms with Gasteiger partial charge in [0.2, 0.25) is 0 Å². The van der Waals surface area contributed by atoms with Crippen LogP contribution in [0.15, 0.2) is 48.5 Å². The Bertz CT molecular complexity index is 924. The number of carboxylic acids is 1. The number of hydrogen-bond donors (Lipinski definition) is 1. The van der Waals surface area contributed by atoms with Crippen LogP contribution in [0.5, 0.6) is 11.5 Å². The molecule has 0 bridgehead atoms. The lowest BCUT2D eigenvalue weighted by Gasteiger charge is -2.27. The van der Waals surface area contributed by atoms with Gasteiger partial charge in [0.05, 0.1) is 20.2 Å². The second-order valence-corrected chi connectivity index (χ2v) is 7.71. The molecule has 10 heteroatoms. The molecular weight excluding hydrogens is 456 g/mol. The molecule has 35 heavy (non-hydrogen) atoms. The molecule has 0 radical (unpaired) electrons. The zero-order chi connectivity index (χ0) is 25.5. The monoisotopic (exact) mass is 490 g/mol. The van der Waals surface area contributed by atoms with Crippen LogP contribution in [0.4, 0.5) is 0 Å². The lowest BCUT2D eigenvalue weighted by molar-refractivity contribution is -0.142. The summed E-state index contributed by atoms with van der Waals surface area (Å²) in [6, 6.07) is 14.9. The number of ether oxygens (including phenoxy) is 5. The Kier molecular flexibility index (Phi) is 12.6. The molecule has 0 atom stereocenters. The van der Waals surface area contributed by atoms with Gasteiger partial charge in [0.15, 0.2) is 13.6 Å². The largest absolute Gasteiger partial charge is 0.480 e. The van der Waals surface area contributed by atoms with E-state index < -0.39 is 5.97 Å².